The van der Waals surface area contributed by atoms with Crippen LogP contribution in [0.1, 0.15) is 52.7 Å². The predicted molar refractivity (Wildman–Crippen MR) is 87.1 cm³/mol. The fourth-order valence-corrected chi connectivity index (χ4v) is 2.26. The molecule has 0 aromatic carbocycles. The molecule has 0 aliphatic carbocycles. The molecule has 0 fully saturated rings. The van der Waals surface area contributed by atoms with Gasteiger partial charge in [-0.3, -0.25) is 18.7 Å². The van der Waals surface area contributed by atoms with E-state index in [4.69, 9.17) is 0 Å². The molecule has 1 aromatic heterocycles. The van der Waals surface area contributed by atoms with E-state index in [9.17, 15) is 14.4 Å². The summed E-state index contributed by atoms with van der Waals surface area (Å²) in [5.74, 6) is -0.337. The smallest absolute Gasteiger partial charge is 0.331 e. The van der Waals surface area contributed by atoms with Crippen LogP contribution in [0.2, 0.25) is 0 Å². The van der Waals surface area contributed by atoms with Crippen molar-refractivity contribution in [2.24, 2.45) is 0 Å². The number of carbonyl (C=O) groups is 1. The van der Waals surface area contributed by atoms with Crippen LogP contribution in [-0.4, -0.2) is 20.6 Å². The van der Waals surface area contributed by atoms with E-state index in [1.165, 1.54) is 6.07 Å². The first-order valence-electron chi connectivity index (χ1n) is 7.78. The van der Waals surface area contributed by atoms with Crippen LogP contribution in [0.3, 0.4) is 0 Å². The summed E-state index contributed by atoms with van der Waals surface area (Å²) in [5, 5.41) is 2.76. The van der Waals surface area contributed by atoms with Crippen LogP contribution in [0, 0.1) is 6.92 Å². The molecule has 6 nitrogen and oxygen atoms in total. The van der Waals surface area contributed by atoms with Crippen molar-refractivity contribution in [3.8, 4) is 0 Å². The summed E-state index contributed by atoms with van der Waals surface area (Å²) in [6.07, 6.45) is 2.96. The van der Waals surface area contributed by atoms with Gasteiger partial charge < -0.3 is 5.32 Å². The maximum atomic E-state index is 12.5. The number of unbranched alkanes of at least 4 members (excludes halogenated alkanes) is 2. The number of nitrogens with zero attached hydrogens (tertiary/aromatic N) is 2. The van der Waals surface area contributed by atoms with Gasteiger partial charge in [-0.05, 0) is 34.1 Å². The van der Waals surface area contributed by atoms with Crippen molar-refractivity contribution in [1.29, 1.82) is 0 Å². The Hall–Kier alpha value is -1.85. The van der Waals surface area contributed by atoms with E-state index in [-0.39, 0.29) is 12.5 Å². The van der Waals surface area contributed by atoms with Gasteiger partial charge in [-0.2, -0.15) is 0 Å². The third-order valence-corrected chi connectivity index (χ3v) is 3.29. The average Bonchev–Trinajstić information content (AvgIpc) is 2.36. The van der Waals surface area contributed by atoms with Crippen LogP contribution in [0.15, 0.2) is 15.7 Å². The molecular formula is C16H27N3O3. The lowest BCUT2D eigenvalue weighted by Gasteiger charge is -2.21. The maximum absolute atomic E-state index is 12.5. The number of nitrogens with one attached hydrogen (secondary N) is 1. The molecule has 1 rings (SSSR count). The minimum atomic E-state index is -0.432. The third-order valence-electron chi connectivity index (χ3n) is 3.29. The molecule has 6 heteroatoms. The molecule has 0 spiro atoms. The first-order valence-corrected chi connectivity index (χ1v) is 7.78. The number of amides is 1. The van der Waals surface area contributed by atoms with Crippen LogP contribution >= 0.6 is 0 Å². The summed E-state index contributed by atoms with van der Waals surface area (Å²) in [7, 11) is 0. The van der Waals surface area contributed by atoms with Gasteiger partial charge in [0.15, 0.2) is 0 Å². The lowest BCUT2D eigenvalue weighted by atomic mass is 10.1. The zero-order valence-electron chi connectivity index (χ0n) is 14.2. The minimum absolute atomic E-state index is 0.247. The highest BCUT2D eigenvalue weighted by molar-refractivity contribution is 5.76. The van der Waals surface area contributed by atoms with Crippen molar-refractivity contribution in [3.05, 3.63) is 32.6 Å². The van der Waals surface area contributed by atoms with E-state index in [2.05, 4.69) is 12.2 Å². The van der Waals surface area contributed by atoms with Gasteiger partial charge in [0.05, 0.1) is 0 Å². The number of aromatic nitrogens is 2. The van der Waals surface area contributed by atoms with Gasteiger partial charge in [0.2, 0.25) is 5.91 Å². The monoisotopic (exact) mass is 309 g/mol. The van der Waals surface area contributed by atoms with Crippen LogP contribution in [0.25, 0.3) is 0 Å². The summed E-state index contributed by atoms with van der Waals surface area (Å²) in [6, 6.07) is 1.41. The molecule has 1 heterocycles. The number of aryl methyl sites for hydroxylation is 1. The van der Waals surface area contributed by atoms with E-state index in [0.29, 0.717) is 12.2 Å². The van der Waals surface area contributed by atoms with Crippen molar-refractivity contribution in [2.45, 2.75) is 72.5 Å². The van der Waals surface area contributed by atoms with E-state index in [1.807, 2.05) is 20.8 Å². The van der Waals surface area contributed by atoms with E-state index in [0.717, 1.165) is 23.8 Å². The third kappa shape index (κ3) is 5.16. The van der Waals surface area contributed by atoms with Gasteiger partial charge in [-0.25, -0.2) is 4.79 Å². The molecule has 0 bridgehead atoms. The average molecular weight is 309 g/mol. The summed E-state index contributed by atoms with van der Waals surface area (Å²) >= 11 is 0. The van der Waals surface area contributed by atoms with Crippen molar-refractivity contribution in [2.75, 3.05) is 0 Å². The molecule has 0 aliphatic heterocycles. The van der Waals surface area contributed by atoms with E-state index < -0.39 is 16.8 Å². The second-order valence-electron chi connectivity index (χ2n) is 6.65. The lowest BCUT2D eigenvalue weighted by Crippen LogP contribution is -2.47. The van der Waals surface area contributed by atoms with Gasteiger partial charge >= 0.3 is 5.69 Å². The lowest BCUT2D eigenvalue weighted by molar-refractivity contribution is -0.123. The molecule has 22 heavy (non-hydrogen) atoms. The normalized spacial score (nSPS) is 11.5. The SMILES string of the molecule is CCCCCn1c(C)cc(=O)n(CC(=O)NC(C)(C)C)c1=O. The van der Waals surface area contributed by atoms with Crippen molar-refractivity contribution in [1.82, 2.24) is 14.5 Å². The van der Waals surface area contributed by atoms with Crippen LogP contribution in [-0.2, 0) is 17.9 Å². The zero-order chi connectivity index (χ0) is 16.9. The van der Waals surface area contributed by atoms with Gasteiger partial charge in [0.25, 0.3) is 5.56 Å². The maximum Gasteiger partial charge on any atom is 0.331 e. The molecule has 0 saturated carbocycles. The fourth-order valence-electron chi connectivity index (χ4n) is 2.26. The van der Waals surface area contributed by atoms with Gasteiger partial charge in [0, 0.05) is 23.8 Å². The van der Waals surface area contributed by atoms with Crippen molar-refractivity contribution in [3.63, 3.8) is 0 Å². The topological polar surface area (TPSA) is 73.1 Å². The molecule has 124 valence electrons. The first-order chi connectivity index (χ1) is 10.2. The van der Waals surface area contributed by atoms with Gasteiger partial charge in [-0.1, -0.05) is 19.8 Å². The summed E-state index contributed by atoms with van der Waals surface area (Å²) in [5.41, 5.74) is -0.604. The fraction of sp³-hybridized carbons (Fsp3) is 0.688. The van der Waals surface area contributed by atoms with Gasteiger partial charge in [0.1, 0.15) is 6.54 Å². The highest BCUT2D eigenvalue weighted by atomic mass is 16.2. The number of rotatable bonds is 6. The molecular weight excluding hydrogens is 282 g/mol. The molecule has 1 N–H and O–H groups in total. The van der Waals surface area contributed by atoms with Crippen LogP contribution < -0.4 is 16.6 Å². The summed E-state index contributed by atoms with van der Waals surface area (Å²) in [6.45, 7) is 9.72. The van der Waals surface area contributed by atoms with Crippen molar-refractivity contribution >= 4 is 5.91 Å². The first kappa shape index (κ1) is 18.2. The summed E-state index contributed by atoms with van der Waals surface area (Å²) in [4.78, 5) is 36.4. The minimum Gasteiger partial charge on any atom is -0.350 e. The van der Waals surface area contributed by atoms with Crippen molar-refractivity contribution < 1.29 is 4.79 Å². The Bertz CT molecular complexity index is 636. The Morgan fingerprint density at radius 2 is 1.82 bits per heavy atom. The second-order valence-corrected chi connectivity index (χ2v) is 6.65. The Balaban J connectivity index is 3.05. The predicted octanol–water partition coefficient (Wildman–Crippen LogP) is 1.42. The molecule has 0 aliphatic rings. The molecule has 0 unspecified atom stereocenters. The van der Waals surface area contributed by atoms with Gasteiger partial charge in [-0.15, -0.1) is 0 Å². The molecule has 0 saturated heterocycles. The standard InChI is InChI=1S/C16H27N3O3/c1-6-7-8-9-18-12(2)10-14(21)19(15(18)22)11-13(20)17-16(3,4)5/h10H,6-9,11H2,1-5H3,(H,17,20). The highest BCUT2D eigenvalue weighted by Crippen LogP contribution is 2.00. The molecule has 1 aromatic rings. The number of hydrogen-bond acceptors (Lipinski definition) is 3. The van der Waals surface area contributed by atoms with E-state index >= 15 is 0 Å². The number of hydrogen-bond donors (Lipinski definition) is 1. The Morgan fingerprint density at radius 1 is 1.18 bits per heavy atom. The zero-order valence-corrected chi connectivity index (χ0v) is 14.2. The second kappa shape index (κ2) is 7.42. The largest absolute Gasteiger partial charge is 0.350 e. The highest BCUT2D eigenvalue weighted by Gasteiger charge is 2.16. The summed E-state index contributed by atoms with van der Waals surface area (Å²) < 4.78 is 2.57. The molecule has 0 atom stereocenters. The Labute approximate surface area is 131 Å². The molecule has 1 amide bonds. The molecule has 0 radical (unpaired) electrons. The van der Waals surface area contributed by atoms with Crippen LogP contribution in [0.4, 0.5) is 0 Å². The van der Waals surface area contributed by atoms with Crippen LogP contribution in [0.5, 0.6) is 0 Å². The van der Waals surface area contributed by atoms with E-state index in [1.54, 1.807) is 11.5 Å². The Kier molecular flexibility index (Phi) is 6.14. The quantitative estimate of drug-likeness (QED) is 0.808. The Morgan fingerprint density at radius 3 is 2.36 bits per heavy atom. The number of carbonyl (C=O) groups excluding carboxylic acids is 1.